The van der Waals surface area contributed by atoms with Crippen molar-refractivity contribution >= 4 is 0 Å². The van der Waals surface area contributed by atoms with Gasteiger partial charge in [-0.25, -0.2) is 9.97 Å². The number of aryl methyl sites for hydroxylation is 4. The molecule has 0 saturated carbocycles. The van der Waals surface area contributed by atoms with Crippen LogP contribution in [0.3, 0.4) is 0 Å². The van der Waals surface area contributed by atoms with Crippen LogP contribution in [0.5, 0.6) is 0 Å². The van der Waals surface area contributed by atoms with E-state index in [1.165, 1.54) is 0 Å². The summed E-state index contributed by atoms with van der Waals surface area (Å²) in [4.78, 5) is 17.8. The Morgan fingerprint density at radius 1 is 0.818 bits per heavy atom. The van der Waals surface area contributed by atoms with E-state index in [0.29, 0.717) is 0 Å². The average molecular weight is 290 g/mol. The van der Waals surface area contributed by atoms with E-state index in [9.17, 15) is 0 Å². The molecule has 0 amide bonds. The van der Waals surface area contributed by atoms with Gasteiger partial charge in [0.1, 0.15) is 6.33 Å². The van der Waals surface area contributed by atoms with Gasteiger partial charge >= 0.3 is 0 Å². The average Bonchev–Trinajstić information content (AvgIpc) is 2.52. The molecule has 0 aromatic carbocycles. The fourth-order valence-electron chi connectivity index (χ4n) is 2.42. The normalized spacial score (nSPS) is 10.7. The standard InChI is InChI=1S/C18H18N4/c1-11-7-15(14(4)19-9-11)16-8-17(21-10-20-16)18-12(2)5-6-13(3)22-18/h5-10H,1-4H3. The maximum absolute atomic E-state index is 4.61. The molecule has 0 aliphatic rings. The molecule has 0 saturated heterocycles. The summed E-state index contributed by atoms with van der Waals surface area (Å²) in [6.45, 7) is 8.06. The number of hydrogen-bond donors (Lipinski definition) is 0. The van der Waals surface area contributed by atoms with Crippen molar-refractivity contribution < 1.29 is 0 Å². The van der Waals surface area contributed by atoms with Crippen molar-refractivity contribution in [1.29, 1.82) is 0 Å². The number of pyridine rings is 2. The highest BCUT2D eigenvalue weighted by Crippen LogP contribution is 2.25. The number of nitrogens with zero attached hydrogens (tertiary/aromatic N) is 4. The highest BCUT2D eigenvalue weighted by molar-refractivity contribution is 5.68. The first-order valence-corrected chi connectivity index (χ1v) is 7.25. The van der Waals surface area contributed by atoms with E-state index in [2.05, 4.69) is 32.1 Å². The third kappa shape index (κ3) is 2.72. The Bertz CT molecular complexity index is 773. The molecule has 0 atom stereocenters. The summed E-state index contributed by atoms with van der Waals surface area (Å²) in [6, 6.07) is 8.16. The predicted molar refractivity (Wildman–Crippen MR) is 87.4 cm³/mol. The van der Waals surface area contributed by atoms with Gasteiger partial charge in [0, 0.05) is 23.1 Å². The Labute approximate surface area is 130 Å². The van der Waals surface area contributed by atoms with E-state index >= 15 is 0 Å². The van der Waals surface area contributed by atoms with Crippen LogP contribution in [0.4, 0.5) is 0 Å². The van der Waals surface area contributed by atoms with E-state index in [4.69, 9.17) is 0 Å². The van der Waals surface area contributed by atoms with Crippen molar-refractivity contribution in [1.82, 2.24) is 19.9 Å². The Hall–Kier alpha value is -2.62. The van der Waals surface area contributed by atoms with Crippen LogP contribution in [0.2, 0.25) is 0 Å². The van der Waals surface area contributed by atoms with Gasteiger partial charge in [-0.05, 0) is 57.0 Å². The van der Waals surface area contributed by atoms with Crippen molar-refractivity contribution in [3.05, 3.63) is 59.3 Å². The molecular formula is C18H18N4. The quantitative estimate of drug-likeness (QED) is 0.719. The zero-order valence-electron chi connectivity index (χ0n) is 13.3. The highest BCUT2D eigenvalue weighted by atomic mass is 14.9. The summed E-state index contributed by atoms with van der Waals surface area (Å²) in [5, 5.41) is 0. The zero-order valence-corrected chi connectivity index (χ0v) is 13.3. The first-order valence-electron chi connectivity index (χ1n) is 7.25. The summed E-state index contributed by atoms with van der Waals surface area (Å²) < 4.78 is 0. The molecule has 110 valence electrons. The van der Waals surface area contributed by atoms with Crippen LogP contribution in [-0.2, 0) is 0 Å². The topological polar surface area (TPSA) is 51.6 Å². The van der Waals surface area contributed by atoms with Crippen LogP contribution in [0.1, 0.15) is 22.5 Å². The van der Waals surface area contributed by atoms with Gasteiger partial charge in [0.15, 0.2) is 0 Å². The molecule has 0 N–H and O–H groups in total. The van der Waals surface area contributed by atoms with Crippen LogP contribution < -0.4 is 0 Å². The Balaban J connectivity index is 2.14. The van der Waals surface area contributed by atoms with Crippen LogP contribution in [0.25, 0.3) is 22.6 Å². The lowest BCUT2D eigenvalue weighted by Gasteiger charge is -2.09. The Morgan fingerprint density at radius 2 is 1.59 bits per heavy atom. The lowest BCUT2D eigenvalue weighted by atomic mass is 10.1. The maximum atomic E-state index is 4.61. The summed E-state index contributed by atoms with van der Waals surface area (Å²) in [6.07, 6.45) is 3.46. The van der Waals surface area contributed by atoms with Gasteiger partial charge in [0.2, 0.25) is 0 Å². The van der Waals surface area contributed by atoms with Crippen LogP contribution in [-0.4, -0.2) is 19.9 Å². The Kier molecular flexibility index (Phi) is 3.67. The molecule has 3 aromatic heterocycles. The molecule has 0 spiro atoms. The fourth-order valence-corrected chi connectivity index (χ4v) is 2.42. The lowest BCUT2D eigenvalue weighted by Crippen LogP contribution is -1.97. The second-order valence-corrected chi connectivity index (χ2v) is 5.55. The number of aromatic nitrogens is 4. The zero-order chi connectivity index (χ0) is 15.7. The second kappa shape index (κ2) is 5.64. The molecule has 0 aliphatic carbocycles. The fraction of sp³-hybridized carbons (Fsp3) is 0.222. The molecule has 0 radical (unpaired) electrons. The second-order valence-electron chi connectivity index (χ2n) is 5.55. The van der Waals surface area contributed by atoms with E-state index in [1.807, 2.05) is 46.0 Å². The van der Waals surface area contributed by atoms with Gasteiger partial charge in [-0.2, -0.15) is 0 Å². The largest absolute Gasteiger partial charge is 0.261 e. The van der Waals surface area contributed by atoms with Crippen LogP contribution in [0, 0.1) is 27.7 Å². The van der Waals surface area contributed by atoms with E-state index in [1.54, 1.807) is 6.33 Å². The summed E-state index contributed by atoms with van der Waals surface area (Å²) in [7, 11) is 0. The van der Waals surface area contributed by atoms with Gasteiger partial charge in [-0.1, -0.05) is 6.07 Å². The molecular weight excluding hydrogens is 272 g/mol. The molecule has 0 fully saturated rings. The van der Waals surface area contributed by atoms with E-state index < -0.39 is 0 Å². The van der Waals surface area contributed by atoms with Crippen LogP contribution >= 0.6 is 0 Å². The third-order valence-corrected chi connectivity index (χ3v) is 3.65. The van der Waals surface area contributed by atoms with Gasteiger partial charge in [-0.3, -0.25) is 9.97 Å². The molecule has 3 aromatic rings. The third-order valence-electron chi connectivity index (χ3n) is 3.65. The first kappa shape index (κ1) is 14.3. The molecule has 4 nitrogen and oxygen atoms in total. The first-order chi connectivity index (χ1) is 10.5. The summed E-state index contributed by atoms with van der Waals surface area (Å²) >= 11 is 0. The maximum Gasteiger partial charge on any atom is 0.116 e. The van der Waals surface area contributed by atoms with Crippen molar-refractivity contribution in [2.45, 2.75) is 27.7 Å². The van der Waals surface area contributed by atoms with Gasteiger partial charge in [-0.15, -0.1) is 0 Å². The SMILES string of the molecule is Cc1cnc(C)c(-c2cc(-c3nc(C)ccc3C)ncn2)c1. The highest BCUT2D eigenvalue weighted by Gasteiger charge is 2.10. The minimum Gasteiger partial charge on any atom is -0.261 e. The predicted octanol–water partition coefficient (Wildman–Crippen LogP) is 3.83. The van der Waals surface area contributed by atoms with Gasteiger partial charge in [0.25, 0.3) is 0 Å². The molecule has 3 rings (SSSR count). The minimum atomic E-state index is 0.840. The molecule has 0 bridgehead atoms. The minimum absolute atomic E-state index is 0.840. The smallest absolute Gasteiger partial charge is 0.116 e. The van der Waals surface area contributed by atoms with Gasteiger partial charge < -0.3 is 0 Å². The number of hydrogen-bond acceptors (Lipinski definition) is 4. The lowest BCUT2D eigenvalue weighted by molar-refractivity contribution is 1.11. The van der Waals surface area contributed by atoms with E-state index in [0.717, 1.165) is 45.2 Å². The van der Waals surface area contributed by atoms with Crippen molar-refractivity contribution in [2.75, 3.05) is 0 Å². The molecule has 22 heavy (non-hydrogen) atoms. The van der Waals surface area contributed by atoms with Crippen LogP contribution in [0.15, 0.2) is 36.8 Å². The monoisotopic (exact) mass is 290 g/mol. The molecule has 3 heterocycles. The number of rotatable bonds is 2. The Morgan fingerprint density at radius 3 is 2.41 bits per heavy atom. The summed E-state index contributed by atoms with van der Waals surface area (Å²) in [5.41, 5.74) is 7.82. The van der Waals surface area contributed by atoms with Crippen molar-refractivity contribution in [3.63, 3.8) is 0 Å². The van der Waals surface area contributed by atoms with Crippen molar-refractivity contribution in [2.24, 2.45) is 0 Å². The summed E-state index contributed by atoms with van der Waals surface area (Å²) in [5.74, 6) is 0. The van der Waals surface area contributed by atoms with Gasteiger partial charge in [0.05, 0.1) is 17.1 Å². The molecule has 0 aliphatic heterocycles. The van der Waals surface area contributed by atoms with Crippen molar-refractivity contribution in [3.8, 4) is 22.6 Å². The molecule has 0 unspecified atom stereocenters. The molecule has 4 heteroatoms. The van der Waals surface area contributed by atoms with E-state index in [-0.39, 0.29) is 0 Å².